The number of benzene rings is 2. The van der Waals surface area contributed by atoms with Crippen LogP contribution in [0.5, 0.6) is 0 Å². The van der Waals surface area contributed by atoms with E-state index in [0.717, 1.165) is 11.4 Å². The molecule has 0 radical (unpaired) electrons. The second-order valence-electron chi connectivity index (χ2n) is 5.52. The lowest BCUT2D eigenvalue weighted by Crippen LogP contribution is -2.14. The van der Waals surface area contributed by atoms with Gasteiger partial charge in [-0.15, -0.1) is 5.10 Å². The molecule has 8 nitrogen and oxygen atoms in total. The number of hydrogen-bond acceptors (Lipinski definition) is 6. The highest BCUT2D eigenvalue weighted by Gasteiger charge is 2.25. The highest BCUT2D eigenvalue weighted by Crippen LogP contribution is 2.16. The molecule has 0 spiro atoms. The van der Waals surface area contributed by atoms with Crippen LogP contribution in [-0.2, 0) is 0 Å². The van der Waals surface area contributed by atoms with E-state index in [1.54, 1.807) is 0 Å². The van der Waals surface area contributed by atoms with E-state index in [1.165, 1.54) is 22.0 Å². The van der Waals surface area contributed by atoms with Crippen molar-refractivity contribution in [2.75, 3.05) is 0 Å². The summed E-state index contributed by atoms with van der Waals surface area (Å²) in [6.45, 7) is 0. The minimum Gasteiger partial charge on any atom is -0.378 e. The normalized spacial score (nSPS) is 12.0. The molecule has 2 aromatic carbocycles. The third-order valence-electron chi connectivity index (χ3n) is 3.76. The molecule has 0 bridgehead atoms. The fraction of sp³-hybridized carbons (Fsp3) is 0.0556. The van der Waals surface area contributed by atoms with Crippen molar-refractivity contribution in [2.24, 2.45) is 0 Å². The number of para-hydroxylation sites is 2. The van der Waals surface area contributed by atoms with Crippen molar-refractivity contribution in [3.63, 3.8) is 0 Å². The van der Waals surface area contributed by atoms with Gasteiger partial charge in [0.05, 0.1) is 23.8 Å². The topological polar surface area (TPSA) is 98.7 Å². The van der Waals surface area contributed by atoms with Gasteiger partial charge in [-0.2, -0.15) is 24.9 Å². The third-order valence-corrected chi connectivity index (χ3v) is 3.76. The first kappa shape index (κ1) is 15.9. The monoisotopic (exact) mass is 346 g/mol. The molecule has 4 aromatic rings. The number of aromatic nitrogens is 6. The number of ketones is 1. The van der Waals surface area contributed by atoms with Crippen LogP contribution >= 0.6 is 0 Å². The maximum Gasteiger partial charge on any atom is 0.219 e. The molecule has 0 saturated heterocycles. The van der Waals surface area contributed by atoms with E-state index >= 15 is 0 Å². The molecule has 2 heterocycles. The van der Waals surface area contributed by atoms with Crippen LogP contribution < -0.4 is 0 Å². The first-order valence-corrected chi connectivity index (χ1v) is 7.90. The molecule has 0 aliphatic heterocycles. The van der Waals surface area contributed by atoms with Gasteiger partial charge >= 0.3 is 0 Å². The van der Waals surface area contributed by atoms with Gasteiger partial charge in [-0.3, -0.25) is 4.79 Å². The van der Waals surface area contributed by atoms with Gasteiger partial charge in [-0.1, -0.05) is 36.4 Å². The van der Waals surface area contributed by atoms with Crippen LogP contribution in [0.3, 0.4) is 0 Å². The van der Waals surface area contributed by atoms with E-state index in [9.17, 15) is 9.90 Å². The number of nitrogens with zero attached hydrogens (tertiary/aromatic N) is 6. The lowest BCUT2D eigenvalue weighted by atomic mass is 10.1. The van der Waals surface area contributed by atoms with Gasteiger partial charge in [0.15, 0.2) is 11.8 Å². The van der Waals surface area contributed by atoms with E-state index in [1.807, 2.05) is 60.7 Å². The lowest BCUT2D eigenvalue weighted by Gasteiger charge is -2.03. The number of rotatable bonds is 5. The summed E-state index contributed by atoms with van der Waals surface area (Å²) < 4.78 is 0. The number of carbonyl (C=O) groups excluding carboxylic acids is 1. The molecule has 128 valence electrons. The number of carbonyl (C=O) groups is 1. The van der Waals surface area contributed by atoms with Crippen LogP contribution in [0, 0.1) is 0 Å². The number of aliphatic hydroxyl groups is 1. The molecule has 0 aliphatic rings. The molecule has 1 unspecified atom stereocenters. The smallest absolute Gasteiger partial charge is 0.219 e. The summed E-state index contributed by atoms with van der Waals surface area (Å²) in [5.74, 6) is -0.590. The van der Waals surface area contributed by atoms with Gasteiger partial charge in [0, 0.05) is 0 Å². The average Bonchev–Trinajstić information content (AvgIpc) is 3.38. The summed E-state index contributed by atoms with van der Waals surface area (Å²) in [6, 6.07) is 18.4. The quantitative estimate of drug-likeness (QED) is 0.553. The Morgan fingerprint density at radius 3 is 1.96 bits per heavy atom. The maximum atomic E-state index is 12.5. The van der Waals surface area contributed by atoms with Crippen molar-refractivity contribution < 1.29 is 9.90 Å². The van der Waals surface area contributed by atoms with E-state index in [2.05, 4.69) is 20.4 Å². The molecule has 1 N–H and O–H groups in total. The van der Waals surface area contributed by atoms with Crippen LogP contribution in [0.15, 0.2) is 73.1 Å². The molecular weight excluding hydrogens is 332 g/mol. The zero-order valence-corrected chi connectivity index (χ0v) is 13.5. The van der Waals surface area contributed by atoms with Gasteiger partial charge in [-0.25, -0.2) is 0 Å². The summed E-state index contributed by atoms with van der Waals surface area (Å²) >= 11 is 0. The molecule has 0 amide bonds. The molecule has 1 atom stereocenters. The zero-order chi connectivity index (χ0) is 17.9. The molecule has 0 fully saturated rings. The second-order valence-corrected chi connectivity index (χ2v) is 5.52. The largest absolute Gasteiger partial charge is 0.378 e. The zero-order valence-electron chi connectivity index (χ0n) is 13.5. The number of Topliss-reactive ketones (excluding diaryl/α,β-unsaturated/α-hetero) is 1. The van der Waals surface area contributed by atoms with Crippen molar-refractivity contribution in [2.45, 2.75) is 6.10 Å². The van der Waals surface area contributed by atoms with Crippen LogP contribution in [-0.4, -0.2) is 40.9 Å². The predicted molar refractivity (Wildman–Crippen MR) is 92.0 cm³/mol. The standard InChI is InChI=1S/C18H14N6O2/c25-17(15-11-19-23(21-15)13-7-3-1-4-8-13)18(26)16-12-20-24(22-16)14-9-5-2-6-10-14/h1-12,17,25H. The van der Waals surface area contributed by atoms with Crippen LogP contribution in [0.25, 0.3) is 11.4 Å². The number of aliphatic hydroxyl groups excluding tert-OH is 1. The van der Waals surface area contributed by atoms with Crippen LogP contribution in [0.2, 0.25) is 0 Å². The van der Waals surface area contributed by atoms with Crippen LogP contribution in [0.1, 0.15) is 22.3 Å². The first-order chi connectivity index (χ1) is 12.7. The van der Waals surface area contributed by atoms with E-state index < -0.39 is 11.9 Å². The lowest BCUT2D eigenvalue weighted by molar-refractivity contribution is 0.0733. The molecular formula is C18H14N6O2. The van der Waals surface area contributed by atoms with E-state index in [4.69, 9.17) is 0 Å². The molecule has 4 rings (SSSR count). The fourth-order valence-electron chi connectivity index (χ4n) is 2.42. The Labute approximate surface area is 148 Å². The van der Waals surface area contributed by atoms with Gasteiger partial charge in [0.1, 0.15) is 5.69 Å². The minimum atomic E-state index is -1.46. The van der Waals surface area contributed by atoms with Crippen molar-refractivity contribution >= 4 is 5.78 Å². The van der Waals surface area contributed by atoms with Crippen molar-refractivity contribution in [3.8, 4) is 11.4 Å². The average molecular weight is 346 g/mol. The summed E-state index contributed by atoms with van der Waals surface area (Å²) in [7, 11) is 0. The molecule has 26 heavy (non-hydrogen) atoms. The van der Waals surface area contributed by atoms with Gasteiger partial charge in [0.25, 0.3) is 0 Å². The van der Waals surface area contributed by atoms with E-state index in [0.29, 0.717) is 0 Å². The predicted octanol–water partition coefficient (Wildman–Crippen LogP) is 1.76. The minimum absolute atomic E-state index is 0.0515. The highest BCUT2D eigenvalue weighted by atomic mass is 16.3. The van der Waals surface area contributed by atoms with E-state index in [-0.39, 0.29) is 11.4 Å². The van der Waals surface area contributed by atoms with Crippen molar-refractivity contribution in [1.29, 1.82) is 0 Å². The van der Waals surface area contributed by atoms with Gasteiger partial charge < -0.3 is 5.11 Å². The third kappa shape index (κ3) is 3.01. The number of hydrogen-bond donors (Lipinski definition) is 1. The maximum absolute atomic E-state index is 12.5. The molecule has 2 aromatic heterocycles. The Morgan fingerprint density at radius 1 is 0.808 bits per heavy atom. The Bertz CT molecular complexity index is 1030. The SMILES string of the molecule is O=C(c1cnn(-c2ccccc2)n1)C(O)c1cnn(-c2ccccc2)n1. The highest BCUT2D eigenvalue weighted by molar-refractivity contribution is 5.97. The Morgan fingerprint density at radius 2 is 1.35 bits per heavy atom. The van der Waals surface area contributed by atoms with Crippen molar-refractivity contribution in [1.82, 2.24) is 30.0 Å². The van der Waals surface area contributed by atoms with Gasteiger partial charge in [-0.05, 0) is 24.3 Å². The molecule has 8 heteroatoms. The Hall–Kier alpha value is -3.65. The Kier molecular flexibility index (Phi) is 4.08. The fourth-order valence-corrected chi connectivity index (χ4v) is 2.42. The summed E-state index contributed by atoms with van der Waals surface area (Å²) in [5.41, 5.74) is 1.65. The summed E-state index contributed by atoms with van der Waals surface area (Å²) in [5, 5.41) is 26.8. The molecule has 0 saturated carbocycles. The Balaban J connectivity index is 1.55. The van der Waals surface area contributed by atoms with Gasteiger partial charge in [0.2, 0.25) is 5.78 Å². The summed E-state index contributed by atoms with van der Waals surface area (Å²) in [6.07, 6.45) is 1.21. The second kappa shape index (κ2) is 6.69. The van der Waals surface area contributed by atoms with Crippen LogP contribution in [0.4, 0.5) is 0 Å². The van der Waals surface area contributed by atoms with Crippen molar-refractivity contribution in [3.05, 3.63) is 84.4 Å². The molecule has 0 aliphatic carbocycles. The summed E-state index contributed by atoms with van der Waals surface area (Å²) in [4.78, 5) is 15.2. The first-order valence-electron chi connectivity index (χ1n) is 7.90.